The molecule has 0 radical (unpaired) electrons. The number of para-hydroxylation sites is 1. The van der Waals surface area contributed by atoms with E-state index < -0.39 is 0 Å². The minimum Gasteiger partial charge on any atom is -0.353 e. The van der Waals surface area contributed by atoms with Crippen LogP contribution in [0.25, 0.3) is 16.6 Å². The first-order valence-electron chi connectivity index (χ1n) is 8.29. The van der Waals surface area contributed by atoms with E-state index in [4.69, 9.17) is 4.98 Å². The molecular weight excluding hydrogens is 272 g/mol. The molecule has 4 rings (SSSR count). The molecule has 1 aliphatic rings. The predicted molar refractivity (Wildman–Crippen MR) is 90.5 cm³/mol. The van der Waals surface area contributed by atoms with Crippen molar-refractivity contribution in [1.29, 1.82) is 0 Å². The van der Waals surface area contributed by atoms with Crippen molar-refractivity contribution in [3.8, 4) is 0 Å². The zero-order valence-corrected chi connectivity index (χ0v) is 13.3. The van der Waals surface area contributed by atoms with Crippen molar-refractivity contribution in [2.75, 3.05) is 11.4 Å². The van der Waals surface area contributed by atoms with Gasteiger partial charge in [-0.1, -0.05) is 19.1 Å². The van der Waals surface area contributed by atoms with E-state index >= 15 is 0 Å². The number of anilines is 1. The van der Waals surface area contributed by atoms with Gasteiger partial charge in [0.15, 0.2) is 5.65 Å². The van der Waals surface area contributed by atoms with Gasteiger partial charge in [-0.15, -0.1) is 0 Å². The molecule has 114 valence electrons. The van der Waals surface area contributed by atoms with Gasteiger partial charge in [-0.2, -0.15) is 5.10 Å². The Bertz CT molecular complexity index is 820. The van der Waals surface area contributed by atoms with Gasteiger partial charge in [0.2, 0.25) is 0 Å². The smallest absolute Gasteiger partial charge is 0.158 e. The van der Waals surface area contributed by atoms with Crippen molar-refractivity contribution < 1.29 is 0 Å². The van der Waals surface area contributed by atoms with Gasteiger partial charge < -0.3 is 4.90 Å². The van der Waals surface area contributed by atoms with Crippen LogP contribution in [-0.2, 0) is 0 Å². The minimum atomic E-state index is 0.608. The zero-order chi connectivity index (χ0) is 15.1. The second-order valence-electron chi connectivity index (χ2n) is 6.26. The van der Waals surface area contributed by atoms with Gasteiger partial charge in [0.1, 0.15) is 5.82 Å². The van der Waals surface area contributed by atoms with Crippen LogP contribution in [0, 0.1) is 6.92 Å². The predicted octanol–water partition coefficient (Wildman–Crippen LogP) is 3.96. The van der Waals surface area contributed by atoms with Gasteiger partial charge in [0.05, 0.1) is 11.2 Å². The van der Waals surface area contributed by atoms with E-state index in [0.717, 1.165) is 29.2 Å². The zero-order valence-electron chi connectivity index (χ0n) is 13.3. The summed E-state index contributed by atoms with van der Waals surface area (Å²) < 4.78 is 1.97. The lowest BCUT2D eigenvalue weighted by Crippen LogP contribution is -2.39. The number of benzene rings is 1. The number of hydrogen-bond acceptors (Lipinski definition) is 3. The molecule has 0 bridgehead atoms. The van der Waals surface area contributed by atoms with E-state index in [-0.39, 0.29) is 0 Å². The van der Waals surface area contributed by atoms with Crippen LogP contribution < -0.4 is 4.90 Å². The Kier molecular flexibility index (Phi) is 3.25. The van der Waals surface area contributed by atoms with Crippen LogP contribution in [0.2, 0.25) is 0 Å². The Hall–Kier alpha value is -2.10. The SMILES string of the molecule is CC[C@@H]1CCCCN1c1nc2cc(C)nn2c2ccccc12. The summed E-state index contributed by atoms with van der Waals surface area (Å²) in [5.74, 6) is 1.13. The number of hydrogen-bond donors (Lipinski definition) is 0. The van der Waals surface area contributed by atoms with Gasteiger partial charge in [0, 0.05) is 24.0 Å². The Labute approximate surface area is 130 Å². The molecule has 0 spiro atoms. The second-order valence-corrected chi connectivity index (χ2v) is 6.26. The fraction of sp³-hybridized carbons (Fsp3) is 0.444. The van der Waals surface area contributed by atoms with Crippen LogP contribution in [0.5, 0.6) is 0 Å². The van der Waals surface area contributed by atoms with Crippen LogP contribution in [0.3, 0.4) is 0 Å². The van der Waals surface area contributed by atoms with Crippen LogP contribution in [0.4, 0.5) is 5.82 Å². The highest BCUT2D eigenvalue weighted by Crippen LogP contribution is 2.31. The normalized spacial score (nSPS) is 19.2. The molecule has 1 aliphatic heterocycles. The summed E-state index contributed by atoms with van der Waals surface area (Å²) in [6, 6.07) is 11.2. The third-order valence-corrected chi connectivity index (χ3v) is 4.78. The van der Waals surface area contributed by atoms with Crippen molar-refractivity contribution in [2.24, 2.45) is 0 Å². The summed E-state index contributed by atoms with van der Waals surface area (Å²) in [7, 11) is 0. The van der Waals surface area contributed by atoms with Crippen LogP contribution in [-0.4, -0.2) is 27.2 Å². The van der Waals surface area contributed by atoms with E-state index in [2.05, 4.69) is 47.3 Å². The Morgan fingerprint density at radius 2 is 2.09 bits per heavy atom. The lowest BCUT2D eigenvalue weighted by atomic mass is 9.99. The minimum absolute atomic E-state index is 0.608. The van der Waals surface area contributed by atoms with Crippen LogP contribution >= 0.6 is 0 Å². The van der Waals surface area contributed by atoms with Gasteiger partial charge in [0.25, 0.3) is 0 Å². The average Bonchev–Trinajstić information content (AvgIpc) is 2.94. The molecular formula is C18H22N4. The Morgan fingerprint density at radius 3 is 2.95 bits per heavy atom. The third-order valence-electron chi connectivity index (χ3n) is 4.78. The van der Waals surface area contributed by atoms with Crippen LogP contribution in [0.1, 0.15) is 38.3 Å². The molecule has 3 heterocycles. The lowest BCUT2D eigenvalue weighted by Gasteiger charge is -2.36. The third kappa shape index (κ3) is 2.05. The molecule has 1 atom stereocenters. The monoisotopic (exact) mass is 294 g/mol. The molecule has 1 fully saturated rings. The summed E-state index contributed by atoms with van der Waals surface area (Å²) in [5, 5.41) is 5.81. The molecule has 0 aliphatic carbocycles. The lowest BCUT2D eigenvalue weighted by molar-refractivity contribution is 0.448. The number of nitrogens with zero attached hydrogens (tertiary/aromatic N) is 4. The number of fused-ring (bicyclic) bond motifs is 3. The molecule has 4 nitrogen and oxygen atoms in total. The van der Waals surface area contributed by atoms with Gasteiger partial charge in [-0.05, 0) is 44.7 Å². The Balaban J connectivity index is 1.98. The summed E-state index contributed by atoms with van der Waals surface area (Å²) in [6.45, 7) is 5.42. The topological polar surface area (TPSA) is 33.4 Å². The van der Waals surface area contributed by atoms with Crippen molar-refractivity contribution >= 4 is 22.4 Å². The molecule has 4 heteroatoms. The Morgan fingerprint density at radius 1 is 1.23 bits per heavy atom. The summed E-state index contributed by atoms with van der Waals surface area (Å²) in [4.78, 5) is 7.49. The molecule has 0 amide bonds. The first-order valence-corrected chi connectivity index (χ1v) is 8.29. The van der Waals surface area contributed by atoms with Crippen molar-refractivity contribution in [1.82, 2.24) is 14.6 Å². The number of aromatic nitrogens is 3. The summed E-state index contributed by atoms with van der Waals surface area (Å²) in [5.41, 5.74) is 3.11. The highest BCUT2D eigenvalue weighted by molar-refractivity contribution is 5.92. The quantitative estimate of drug-likeness (QED) is 0.717. The summed E-state index contributed by atoms with van der Waals surface area (Å²) >= 11 is 0. The first-order chi connectivity index (χ1) is 10.8. The molecule has 0 N–H and O–H groups in total. The van der Waals surface area contributed by atoms with E-state index in [0.29, 0.717) is 6.04 Å². The molecule has 1 saturated heterocycles. The van der Waals surface area contributed by atoms with E-state index in [1.54, 1.807) is 0 Å². The maximum absolute atomic E-state index is 4.97. The number of rotatable bonds is 2. The van der Waals surface area contributed by atoms with Crippen molar-refractivity contribution in [2.45, 2.75) is 45.6 Å². The van der Waals surface area contributed by atoms with E-state index in [9.17, 15) is 0 Å². The number of aryl methyl sites for hydroxylation is 1. The molecule has 2 aromatic heterocycles. The number of piperidine rings is 1. The molecule has 1 aromatic carbocycles. The average molecular weight is 294 g/mol. The largest absolute Gasteiger partial charge is 0.353 e. The van der Waals surface area contributed by atoms with E-state index in [1.807, 2.05) is 11.4 Å². The molecule has 22 heavy (non-hydrogen) atoms. The van der Waals surface area contributed by atoms with Gasteiger partial charge in [-0.3, -0.25) is 0 Å². The molecule has 0 saturated carbocycles. The highest BCUT2D eigenvalue weighted by atomic mass is 15.3. The van der Waals surface area contributed by atoms with E-state index in [1.165, 1.54) is 31.1 Å². The maximum Gasteiger partial charge on any atom is 0.158 e. The van der Waals surface area contributed by atoms with Gasteiger partial charge >= 0.3 is 0 Å². The standard InChI is InChI=1S/C18H22N4/c1-3-14-8-6-7-11-21(14)18-15-9-4-5-10-16(15)22-17(19-18)12-13(2)20-22/h4-5,9-10,12,14H,3,6-8,11H2,1-2H3/t14-/m1/s1. The van der Waals surface area contributed by atoms with Crippen LogP contribution in [0.15, 0.2) is 30.3 Å². The van der Waals surface area contributed by atoms with Gasteiger partial charge in [-0.25, -0.2) is 9.50 Å². The highest BCUT2D eigenvalue weighted by Gasteiger charge is 2.24. The molecule has 3 aromatic rings. The fourth-order valence-corrected chi connectivity index (χ4v) is 3.68. The van der Waals surface area contributed by atoms with Crippen molar-refractivity contribution in [3.63, 3.8) is 0 Å². The fourth-order valence-electron chi connectivity index (χ4n) is 3.68. The summed E-state index contributed by atoms with van der Waals surface area (Å²) in [6.07, 6.45) is 5.05. The maximum atomic E-state index is 4.97. The van der Waals surface area contributed by atoms with Crippen molar-refractivity contribution in [3.05, 3.63) is 36.0 Å². The molecule has 0 unspecified atom stereocenters. The second kappa shape index (κ2) is 5.27. The first kappa shape index (κ1) is 13.6.